The van der Waals surface area contributed by atoms with E-state index in [1.54, 1.807) is 0 Å². The van der Waals surface area contributed by atoms with Crippen LogP contribution in [-0.2, 0) is 6.54 Å². The van der Waals surface area contributed by atoms with Crippen molar-refractivity contribution >= 4 is 34.2 Å². The van der Waals surface area contributed by atoms with Gasteiger partial charge in [-0.1, -0.05) is 42.6 Å². The number of hydrogen-bond donors (Lipinski definition) is 1. The molecule has 0 bridgehead atoms. The molecular weight excluding hydrogens is 434 g/mol. The molecule has 0 unspecified atom stereocenters. The van der Waals surface area contributed by atoms with Gasteiger partial charge in [0, 0.05) is 24.5 Å². The molecule has 1 aromatic carbocycles. The molecule has 0 spiro atoms. The predicted molar refractivity (Wildman–Crippen MR) is 133 cm³/mol. The number of ketones is 1. The van der Waals surface area contributed by atoms with Crippen molar-refractivity contribution in [3.05, 3.63) is 52.7 Å². The number of nitrogens with zero attached hydrogens (tertiary/aromatic N) is 4. The van der Waals surface area contributed by atoms with Crippen molar-refractivity contribution < 1.29 is 4.79 Å². The highest BCUT2D eigenvalue weighted by Crippen LogP contribution is 2.27. The minimum Gasteiger partial charge on any atom is -0.357 e. The maximum Gasteiger partial charge on any atom is 0.184 e. The van der Waals surface area contributed by atoms with Gasteiger partial charge in [-0.25, -0.2) is 9.67 Å². The smallest absolute Gasteiger partial charge is 0.184 e. The average Bonchev–Trinajstić information content (AvgIpc) is 2.99. The molecule has 0 saturated carbocycles. The fraction of sp³-hybridized carbons (Fsp3) is 0.500. The van der Waals surface area contributed by atoms with Gasteiger partial charge in [0.25, 0.3) is 0 Å². The molecular formula is C26H32ClN5O. The molecule has 2 aliphatic rings. The molecule has 174 valence electrons. The van der Waals surface area contributed by atoms with Crippen LogP contribution in [0.2, 0.25) is 5.02 Å². The summed E-state index contributed by atoms with van der Waals surface area (Å²) in [5.74, 6) is 1.52. The van der Waals surface area contributed by atoms with Crippen molar-refractivity contribution in [3.8, 4) is 0 Å². The van der Waals surface area contributed by atoms with Crippen molar-refractivity contribution in [2.75, 3.05) is 31.1 Å². The van der Waals surface area contributed by atoms with Crippen LogP contribution in [0.5, 0.6) is 0 Å². The van der Waals surface area contributed by atoms with Gasteiger partial charge in [0.1, 0.15) is 11.5 Å². The van der Waals surface area contributed by atoms with E-state index >= 15 is 0 Å². The minimum atomic E-state index is 0.120. The summed E-state index contributed by atoms with van der Waals surface area (Å²) >= 11 is 6.45. The Morgan fingerprint density at radius 3 is 2.55 bits per heavy atom. The first-order valence-electron chi connectivity index (χ1n) is 12.3. The Kier molecular flexibility index (Phi) is 6.93. The molecule has 33 heavy (non-hydrogen) atoms. The van der Waals surface area contributed by atoms with E-state index in [1.807, 2.05) is 35.0 Å². The van der Waals surface area contributed by atoms with Crippen LogP contribution in [0, 0.1) is 5.92 Å². The Hall–Kier alpha value is -2.44. The number of rotatable bonds is 6. The zero-order chi connectivity index (χ0) is 22.6. The van der Waals surface area contributed by atoms with Crippen LogP contribution in [0.3, 0.4) is 0 Å². The number of hydrogen-bond acceptors (Lipinski definition) is 5. The number of Topliss-reactive ketones (excluding diaryl/α,β-unsaturated/α-hetero) is 1. The van der Waals surface area contributed by atoms with Crippen molar-refractivity contribution in [2.24, 2.45) is 5.92 Å². The Bertz CT molecular complexity index is 1110. The third-order valence-corrected chi connectivity index (χ3v) is 7.35. The number of piperidine rings is 1. The fourth-order valence-electron chi connectivity index (χ4n) is 5.07. The zero-order valence-corrected chi connectivity index (χ0v) is 19.9. The molecule has 0 radical (unpaired) electrons. The van der Waals surface area contributed by atoms with E-state index in [2.05, 4.69) is 16.3 Å². The van der Waals surface area contributed by atoms with Gasteiger partial charge in [-0.05, 0) is 68.5 Å². The lowest BCUT2D eigenvalue weighted by Gasteiger charge is -2.21. The molecule has 7 heteroatoms. The SMILES string of the molecule is O=C(CC1CCNCC1)c1nn(Cc2ccccc2Cl)c2nc(N3CCCCCC3)ccc12. The van der Waals surface area contributed by atoms with E-state index in [9.17, 15) is 4.79 Å². The number of carbonyl (C=O) groups excluding carboxylic acids is 1. The van der Waals surface area contributed by atoms with E-state index in [1.165, 1.54) is 25.7 Å². The molecule has 0 aliphatic carbocycles. The first kappa shape index (κ1) is 22.4. The van der Waals surface area contributed by atoms with Crippen molar-refractivity contribution in [2.45, 2.75) is 51.5 Å². The summed E-state index contributed by atoms with van der Waals surface area (Å²) in [7, 11) is 0. The van der Waals surface area contributed by atoms with E-state index in [0.717, 1.165) is 61.4 Å². The van der Waals surface area contributed by atoms with E-state index in [-0.39, 0.29) is 5.78 Å². The summed E-state index contributed by atoms with van der Waals surface area (Å²) in [6, 6.07) is 11.9. The van der Waals surface area contributed by atoms with Gasteiger partial charge < -0.3 is 10.2 Å². The number of benzene rings is 1. The van der Waals surface area contributed by atoms with E-state index < -0.39 is 0 Å². The minimum absolute atomic E-state index is 0.120. The Morgan fingerprint density at radius 1 is 1.03 bits per heavy atom. The van der Waals surface area contributed by atoms with Crippen LogP contribution >= 0.6 is 11.6 Å². The number of fused-ring (bicyclic) bond motifs is 1. The lowest BCUT2D eigenvalue weighted by Crippen LogP contribution is -2.29. The van der Waals surface area contributed by atoms with Gasteiger partial charge in [-0.15, -0.1) is 0 Å². The van der Waals surface area contributed by atoms with E-state index in [0.29, 0.717) is 29.6 Å². The number of pyridine rings is 1. The van der Waals surface area contributed by atoms with Gasteiger partial charge in [0.05, 0.1) is 11.9 Å². The third kappa shape index (κ3) is 5.07. The molecule has 2 aliphatic heterocycles. The van der Waals surface area contributed by atoms with Crippen LogP contribution in [0.15, 0.2) is 36.4 Å². The predicted octanol–water partition coefficient (Wildman–Crippen LogP) is 5.09. The Morgan fingerprint density at radius 2 is 1.79 bits per heavy atom. The zero-order valence-electron chi connectivity index (χ0n) is 19.1. The van der Waals surface area contributed by atoms with Crippen molar-refractivity contribution in [1.82, 2.24) is 20.1 Å². The Balaban J connectivity index is 1.51. The van der Waals surface area contributed by atoms with Gasteiger partial charge >= 0.3 is 0 Å². The molecule has 0 atom stereocenters. The number of carbonyl (C=O) groups is 1. The molecule has 2 fully saturated rings. The fourth-order valence-corrected chi connectivity index (χ4v) is 5.26. The van der Waals surface area contributed by atoms with Crippen LogP contribution in [-0.4, -0.2) is 46.7 Å². The van der Waals surface area contributed by atoms with Gasteiger partial charge in [0.15, 0.2) is 11.4 Å². The maximum atomic E-state index is 13.3. The Labute approximate surface area is 200 Å². The van der Waals surface area contributed by atoms with Crippen LogP contribution in [0.4, 0.5) is 5.82 Å². The lowest BCUT2D eigenvalue weighted by atomic mass is 9.91. The molecule has 3 aromatic rings. The van der Waals surface area contributed by atoms with Gasteiger partial charge in [-0.2, -0.15) is 5.10 Å². The lowest BCUT2D eigenvalue weighted by molar-refractivity contribution is 0.0948. The molecule has 4 heterocycles. The highest BCUT2D eigenvalue weighted by Gasteiger charge is 2.24. The quantitative estimate of drug-likeness (QED) is 0.514. The monoisotopic (exact) mass is 465 g/mol. The average molecular weight is 466 g/mol. The topological polar surface area (TPSA) is 63.1 Å². The number of aromatic nitrogens is 3. The second kappa shape index (κ2) is 10.2. The first-order valence-corrected chi connectivity index (χ1v) is 12.7. The molecule has 2 aromatic heterocycles. The standard InChI is InChI=1S/C26H32ClN5O/c27-22-8-4-3-7-20(22)18-32-26-21(9-10-24(29-26)31-15-5-1-2-6-16-31)25(30-32)23(33)17-19-11-13-28-14-12-19/h3-4,7-10,19,28H,1-2,5-6,11-18H2. The largest absolute Gasteiger partial charge is 0.357 e. The second-order valence-electron chi connectivity index (χ2n) is 9.36. The normalized spacial score (nSPS) is 17.9. The highest BCUT2D eigenvalue weighted by atomic mass is 35.5. The van der Waals surface area contributed by atoms with Gasteiger partial charge in [0.2, 0.25) is 0 Å². The summed E-state index contributed by atoms with van der Waals surface area (Å²) < 4.78 is 1.87. The number of nitrogens with one attached hydrogen (secondary N) is 1. The highest BCUT2D eigenvalue weighted by molar-refractivity contribution is 6.31. The summed E-state index contributed by atoms with van der Waals surface area (Å²) in [4.78, 5) is 20.7. The molecule has 2 saturated heterocycles. The molecule has 6 nitrogen and oxygen atoms in total. The maximum absolute atomic E-state index is 13.3. The number of anilines is 1. The summed E-state index contributed by atoms with van der Waals surface area (Å²) in [6.07, 6.45) is 7.57. The van der Waals surface area contributed by atoms with Crippen LogP contribution < -0.4 is 10.2 Å². The molecule has 5 rings (SSSR count). The number of halogens is 1. The van der Waals surface area contributed by atoms with Crippen molar-refractivity contribution in [1.29, 1.82) is 0 Å². The molecule has 1 N–H and O–H groups in total. The molecule has 0 amide bonds. The van der Waals surface area contributed by atoms with Gasteiger partial charge in [-0.3, -0.25) is 4.79 Å². The summed E-state index contributed by atoms with van der Waals surface area (Å²) in [6.45, 7) is 4.52. The van der Waals surface area contributed by atoms with E-state index in [4.69, 9.17) is 21.7 Å². The van der Waals surface area contributed by atoms with Crippen LogP contribution in [0.25, 0.3) is 11.0 Å². The first-order chi connectivity index (χ1) is 16.2. The van der Waals surface area contributed by atoms with Crippen molar-refractivity contribution in [3.63, 3.8) is 0 Å². The van der Waals surface area contributed by atoms with Crippen LogP contribution in [0.1, 0.15) is 61.0 Å². The summed E-state index contributed by atoms with van der Waals surface area (Å²) in [5.41, 5.74) is 2.29. The third-order valence-electron chi connectivity index (χ3n) is 6.99. The second-order valence-corrected chi connectivity index (χ2v) is 9.77. The summed E-state index contributed by atoms with van der Waals surface area (Å²) in [5, 5.41) is 9.73.